The largest absolute Gasteiger partial charge is 0.0848 e. The summed E-state index contributed by atoms with van der Waals surface area (Å²) in [6.45, 7) is 4.41. The van der Waals surface area contributed by atoms with Gasteiger partial charge in [-0.05, 0) is 19.3 Å². The second-order valence-electron chi connectivity index (χ2n) is 6.07. The minimum absolute atomic E-state index is 1.09. The highest BCUT2D eigenvalue weighted by Gasteiger charge is 1.89. The van der Waals surface area contributed by atoms with Crippen molar-refractivity contribution in [3.63, 3.8) is 0 Å². The Morgan fingerprint density at radius 1 is 0.417 bits per heavy atom. The molecule has 0 saturated carbocycles. The fourth-order valence-electron chi connectivity index (χ4n) is 2.30. The summed E-state index contributed by atoms with van der Waals surface area (Å²) in [5.41, 5.74) is 0. The lowest BCUT2D eigenvalue weighted by Crippen LogP contribution is -1.79. The molecule has 0 radical (unpaired) electrons. The van der Waals surface area contributed by atoms with E-state index < -0.39 is 0 Å². The first kappa shape index (κ1) is 22.4. The Bertz CT molecular complexity index is 402. The third-order valence-corrected chi connectivity index (χ3v) is 3.73. The highest BCUT2D eigenvalue weighted by atomic mass is 14.0. The molecule has 0 nitrogen and oxygen atoms in total. The van der Waals surface area contributed by atoms with Gasteiger partial charge in [0.1, 0.15) is 0 Å². The van der Waals surface area contributed by atoms with Gasteiger partial charge < -0.3 is 0 Å². The summed E-state index contributed by atoms with van der Waals surface area (Å²) in [6, 6.07) is 0. The normalized spacial score (nSPS) is 13.2. The molecule has 0 fully saturated rings. The maximum atomic E-state index is 2.28. The third-order valence-electron chi connectivity index (χ3n) is 3.73. The van der Waals surface area contributed by atoms with Crippen LogP contribution in [0, 0.1) is 0 Å². The molecule has 0 N–H and O–H groups in total. The van der Waals surface area contributed by atoms with Crippen LogP contribution in [0.5, 0.6) is 0 Å². The van der Waals surface area contributed by atoms with Crippen LogP contribution in [-0.2, 0) is 0 Å². The smallest absolute Gasteiger partial charge is 0.0348 e. The van der Waals surface area contributed by atoms with Gasteiger partial charge in [0.15, 0.2) is 0 Å². The zero-order valence-electron chi connectivity index (χ0n) is 16.0. The summed E-state index contributed by atoms with van der Waals surface area (Å²) in [5, 5.41) is 0. The van der Waals surface area contributed by atoms with Gasteiger partial charge in [-0.15, -0.1) is 0 Å². The lowest BCUT2D eigenvalue weighted by Gasteiger charge is -1.99. The summed E-state index contributed by atoms with van der Waals surface area (Å²) < 4.78 is 0. The van der Waals surface area contributed by atoms with Gasteiger partial charge in [0.05, 0.1) is 0 Å². The molecule has 0 heteroatoms. The summed E-state index contributed by atoms with van der Waals surface area (Å²) in [6.07, 6.45) is 38.6. The molecular formula is C24H38. The topological polar surface area (TPSA) is 0 Å². The second kappa shape index (κ2) is 21.4. The van der Waals surface area contributed by atoms with Crippen molar-refractivity contribution in [1.82, 2.24) is 0 Å². The van der Waals surface area contributed by atoms with E-state index in [4.69, 9.17) is 0 Å². The SMILES string of the molecule is CCC=CC=CC=CC=CC=CC=CCCCCCCCCCC. The van der Waals surface area contributed by atoms with Crippen LogP contribution in [0.15, 0.2) is 72.9 Å². The van der Waals surface area contributed by atoms with E-state index in [-0.39, 0.29) is 0 Å². The Morgan fingerprint density at radius 2 is 0.833 bits per heavy atom. The van der Waals surface area contributed by atoms with Crippen molar-refractivity contribution in [1.29, 1.82) is 0 Å². The average Bonchev–Trinajstić information content (AvgIpc) is 2.60. The van der Waals surface area contributed by atoms with Crippen LogP contribution in [0.1, 0.15) is 78.1 Å². The Hall–Kier alpha value is -1.56. The minimum atomic E-state index is 1.09. The van der Waals surface area contributed by atoms with E-state index >= 15 is 0 Å². The lowest BCUT2D eigenvalue weighted by molar-refractivity contribution is 0.577. The standard InChI is InChI=1S/C24H38/c1-3-5-7-9-11-13-15-17-19-21-23-24-22-20-18-16-14-12-10-8-6-4-2/h5,7,9,11,13,15,17,19,21-24H,3-4,6,8,10,12,14,16,18,20H2,1-2H3. The minimum Gasteiger partial charge on any atom is -0.0848 e. The first-order valence-electron chi connectivity index (χ1n) is 9.90. The first-order valence-corrected chi connectivity index (χ1v) is 9.90. The summed E-state index contributed by atoms with van der Waals surface area (Å²) in [5.74, 6) is 0. The van der Waals surface area contributed by atoms with Crippen molar-refractivity contribution in [3.05, 3.63) is 72.9 Å². The quantitative estimate of drug-likeness (QED) is 0.210. The maximum absolute atomic E-state index is 2.28. The second-order valence-corrected chi connectivity index (χ2v) is 6.07. The molecule has 0 aliphatic carbocycles. The molecule has 134 valence electrons. The van der Waals surface area contributed by atoms with Crippen LogP contribution in [0.4, 0.5) is 0 Å². The molecule has 0 saturated heterocycles. The summed E-state index contributed by atoms with van der Waals surface area (Å²) >= 11 is 0. The van der Waals surface area contributed by atoms with Gasteiger partial charge in [0.25, 0.3) is 0 Å². The summed E-state index contributed by atoms with van der Waals surface area (Å²) in [7, 11) is 0. The molecule has 0 unspecified atom stereocenters. The fraction of sp³-hybridized carbons (Fsp3) is 0.500. The van der Waals surface area contributed by atoms with Crippen LogP contribution in [0.25, 0.3) is 0 Å². The highest BCUT2D eigenvalue weighted by Crippen LogP contribution is 2.09. The van der Waals surface area contributed by atoms with Crippen molar-refractivity contribution >= 4 is 0 Å². The van der Waals surface area contributed by atoms with E-state index in [0.717, 1.165) is 6.42 Å². The maximum Gasteiger partial charge on any atom is -0.0348 e. The van der Waals surface area contributed by atoms with Crippen molar-refractivity contribution < 1.29 is 0 Å². The zero-order valence-corrected chi connectivity index (χ0v) is 16.0. The monoisotopic (exact) mass is 326 g/mol. The molecule has 0 heterocycles. The van der Waals surface area contributed by atoms with Gasteiger partial charge in [0, 0.05) is 0 Å². The number of allylic oxidation sites excluding steroid dienone is 12. The van der Waals surface area contributed by atoms with E-state index in [0.29, 0.717) is 0 Å². The Morgan fingerprint density at radius 3 is 1.33 bits per heavy atom. The van der Waals surface area contributed by atoms with Crippen LogP contribution in [-0.4, -0.2) is 0 Å². The Kier molecular flexibility index (Phi) is 20.0. The van der Waals surface area contributed by atoms with E-state index in [2.05, 4.69) is 68.5 Å². The molecule has 0 aliphatic heterocycles. The van der Waals surface area contributed by atoms with Crippen LogP contribution < -0.4 is 0 Å². The highest BCUT2D eigenvalue weighted by molar-refractivity contribution is 5.19. The number of rotatable bonds is 15. The lowest BCUT2D eigenvalue weighted by atomic mass is 10.1. The van der Waals surface area contributed by atoms with Crippen LogP contribution in [0.3, 0.4) is 0 Å². The fourth-order valence-corrected chi connectivity index (χ4v) is 2.30. The zero-order chi connectivity index (χ0) is 17.6. The first-order chi connectivity index (χ1) is 11.9. The van der Waals surface area contributed by atoms with E-state index in [1.54, 1.807) is 0 Å². The van der Waals surface area contributed by atoms with Gasteiger partial charge in [-0.25, -0.2) is 0 Å². The molecule has 0 bridgehead atoms. The summed E-state index contributed by atoms with van der Waals surface area (Å²) in [4.78, 5) is 0. The van der Waals surface area contributed by atoms with Crippen molar-refractivity contribution in [3.8, 4) is 0 Å². The molecule has 0 aromatic heterocycles. The molecule has 0 rings (SSSR count). The van der Waals surface area contributed by atoms with E-state index in [9.17, 15) is 0 Å². The van der Waals surface area contributed by atoms with Crippen LogP contribution >= 0.6 is 0 Å². The van der Waals surface area contributed by atoms with Crippen molar-refractivity contribution in [2.45, 2.75) is 78.1 Å². The molecule has 0 aromatic carbocycles. The Balaban J connectivity index is 3.48. The molecule has 0 amide bonds. The average molecular weight is 327 g/mol. The predicted molar refractivity (Wildman–Crippen MR) is 112 cm³/mol. The molecular weight excluding hydrogens is 288 g/mol. The van der Waals surface area contributed by atoms with Gasteiger partial charge in [0.2, 0.25) is 0 Å². The Labute approximate surface area is 151 Å². The molecule has 24 heavy (non-hydrogen) atoms. The third kappa shape index (κ3) is 20.4. The van der Waals surface area contributed by atoms with Gasteiger partial charge in [-0.2, -0.15) is 0 Å². The van der Waals surface area contributed by atoms with Crippen molar-refractivity contribution in [2.75, 3.05) is 0 Å². The number of unbranched alkanes of at least 4 members (excludes halogenated alkanes) is 8. The molecule has 0 aromatic rings. The number of hydrogen-bond acceptors (Lipinski definition) is 0. The molecule has 0 aliphatic rings. The molecule has 0 spiro atoms. The van der Waals surface area contributed by atoms with Gasteiger partial charge >= 0.3 is 0 Å². The van der Waals surface area contributed by atoms with Crippen molar-refractivity contribution in [2.24, 2.45) is 0 Å². The molecule has 0 atom stereocenters. The number of hydrogen-bond donors (Lipinski definition) is 0. The van der Waals surface area contributed by atoms with E-state index in [1.807, 2.05) is 18.2 Å². The van der Waals surface area contributed by atoms with Gasteiger partial charge in [-0.3, -0.25) is 0 Å². The predicted octanol–water partition coefficient (Wildman–Crippen LogP) is 8.26. The van der Waals surface area contributed by atoms with Gasteiger partial charge in [-0.1, -0.05) is 132 Å². The van der Waals surface area contributed by atoms with E-state index in [1.165, 1.54) is 57.8 Å². The van der Waals surface area contributed by atoms with Crippen LogP contribution in [0.2, 0.25) is 0 Å².